The Morgan fingerprint density at radius 1 is 1.00 bits per heavy atom. The molecule has 2 nitrogen and oxygen atoms in total. The van der Waals surface area contributed by atoms with Crippen LogP contribution in [0.3, 0.4) is 0 Å². The van der Waals surface area contributed by atoms with E-state index >= 15 is 0 Å². The number of benzene rings is 2. The number of nitrogens with zero attached hydrogens (tertiary/aromatic N) is 1. The minimum Gasteiger partial charge on any atom is -0.335 e. The van der Waals surface area contributed by atoms with Gasteiger partial charge in [0.2, 0.25) is 0 Å². The molecule has 2 aromatic carbocycles. The monoisotopic (exact) mass is 391 g/mol. The Hall–Kier alpha value is -2.30. The van der Waals surface area contributed by atoms with Gasteiger partial charge in [0.05, 0.1) is 5.56 Å². The molecule has 3 aromatic rings. The first-order valence-corrected chi connectivity index (χ1v) is 11.0. The first kappa shape index (κ1) is 18.1. The minimum atomic E-state index is 0.132. The fraction of sp³-hybridized carbons (Fsp3) is 0.174. The second-order valence-corrected chi connectivity index (χ2v) is 8.51. The van der Waals surface area contributed by atoms with Crippen LogP contribution in [0.5, 0.6) is 0 Å². The molecule has 0 bridgehead atoms. The molecule has 1 amide bonds. The largest absolute Gasteiger partial charge is 0.335 e. The maximum absolute atomic E-state index is 13.1. The average molecular weight is 392 g/mol. The average Bonchev–Trinajstić information content (AvgIpc) is 3.26. The lowest BCUT2D eigenvalue weighted by atomic mass is 9.99. The molecule has 4 heteroatoms. The molecule has 0 saturated carbocycles. The zero-order chi connectivity index (χ0) is 18.5. The van der Waals surface area contributed by atoms with E-state index in [2.05, 4.69) is 53.9 Å². The Morgan fingerprint density at radius 2 is 1.81 bits per heavy atom. The minimum absolute atomic E-state index is 0.132. The summed E-state index contributed by atoms with van der Waals surface area (Å²) in [5, 5.41) is 2.09. The summed E-state index contributed by atoms with van der Waals surface area (Å²) in [7, 11) is 0. The lowest BCUT2D eigenvalue weighted by molar-refractivity contribution is 0.0769. The molecule has 0 atom stereocenters. The third-order valence-electron chi connectivity index (χ3n) is 4.71. The molecule has 1 aromatic heterocycles. The quantitative estimate of drug-likeness (QED) is 0.499. The Balaban J connectivity index is 1.46. The van der Waals surface area contributed by atoms with Gasteiger partial charge in [-0.1, -0.05) is 54.6 Å². The molecule has 1 aliphatic rings. The second kappa shape index (κ2) is 8.59. The molecular weight excluding hydrogens is 370 g/mol. The fourth-order valence-corrected chi connectivity index (χ4v) is 5.07. The van der Waals surface area contributed by atoms with Crippen molar-refractivity contribution in [2.45, 2.75) is 17.1 Å². The molecule has 0 radical (unpaired) electrons. The van der Waals surface area contributed by atoms with Gasteiger partial charge < -0.3 is 4.90 Å². The summed E-state index contributed by atoms with van der Waals surface area (Å²) in [6, 6.07) is 22.6. The molecule has 4 rings (SSSR count). The van der Waals surface area contributed by atoms with Crippen LogP contribution in [0.4, 0.5) is 0 Å². The number of amides is 1. The van der Waals surface area contributed by atoms with Gasteiger partial charge in [-0.2, -0.15) is 0 Å². The van der Waals surface area contributed by atoms with Crippen LogP contribution in [0.15, 0.2) is 83.1 Å². The Labute approximate surface area is 168 Å². The molecule has 0 unspecified atom stereocenters. The van der Waals surface area contributed by atoms with Crippen LogP contribution in [0.1, 0.15) is 27.2 Å². The summed E-state index contributed by atoms with van der Waals surface area (Å²) in [6.45, 7) is 1.44. The van der Waals surface area contributed by atoms with Crippen LogP contribution >= 0.6 is 23.1 Å². The summed E-state index contributed by atoms with van der Waals surface area (Å²) < 4.78 is 0. The Morgan fingerprint density at radius 3 is 2.56 bits per heavy atom. The molecular formula is C23H21NOS2. The molecule has 1 aliphatic heterocycles. The van der Waals surface area contributed by atoms with Crippen LogP contribution in [-0.2, 0) is 5.75 Å². The SMILES string of the molecule is O=C(c1ccccc1SCc1cccs1)N1CC=C(c2ccccc2)CC1. The highest BCUT2D eigenvalue weighted by molar-refractivity contribution is 7.98. The maximum atomic E-state index is 13.1. The lowest BCUT2D eigenvalue weighted by Crippen LogP contribution is -2.34. The van der Waals surface area contributed by atoms with Crippen LogP contribution in [0.2, 0.25) is 0 Å². The van der Waals surface area contributed by atoms with Crippen molar-refractivity contribution in [1.82, 2.24) is 4.90 Å². The number of thioether (sulfide) groups is 1. The van der Waals surface area contributed by atoms with E-state index in [4.69, 9.17) is 0 Å². The van der Waals surface area contributed by atoms with Crippen molar-refractivity contribution in [3.63, 3.8) is 0 Å². The summed E-state index contributed by atoms with van der Waals surface area (Å²) in [4.78, 5) is 17.5. The third-order valence-corrected chi connectivity index (χ3v) is 6.89. The van der Waals surface area contributed by atoms with Gasteiger partial charge in [-0.05, 0) is 41.1 Å². The number of rotatable bonds is 5. The Bertz CT molecular complexity index is 932. The smallest absolute Gasteiger partial charge is 0.255 e. The van der Waals surface area contributed by atoms with E-state index < -0.39 is 0 Å². The number of hydrogen-bond donors (Lipinski definition) is 0. The highest BCUT2D eigenvalue weighted by Crippen LogP contribution is 2.30. The van der Waals surface area contributed by atoms with Gasteiger partial charge in [-0.15, -0.1) is 23.1 Å². The van der Waals surface area contributed by atoms with Gasteiger partial charge in [0.25, 0.3) is 5.91 Å². The van der Waals surface area contributed by atoms with E-state index in [1.807, 2.05) is 29.2 Å². The van der Waals surface area contributed by atoms with Gasteiger partial charge in [0.15, 0.2) is 0 Å². The molecule has 0 spiro atoms. The molecule has 136 valence electrons. The van der Waals surface area contributed by atoms with Crippen molar-refractivity contribution in [1.29, 1.82) is 0 Å². The molecule has 2 heterocycles. The number of carbonyl (C=O) groups excluding carboxylic acids is 1. The van der Waals surface area contributed by atoms with Gasteiger partial charge >= 0.3 is 0 Å². The topological polar surface area (TPSA) is 20.3 Å². The van der Waals surface area contributed by atoms with E-state index in [1.165, 1.54) is 16.0 Å². The van der Waals surface area contributed by atoms with E-state index in [1.54, 1.807) is 23.1 Å². The number of carbonyl (C=O) groups is 1. The molecule has 0 saturated heterocycles. The molecule has 0 N–H and O–H groups in total. The second-order valence-electron chi connectivity index (χ2n) is 6.46. The van der Waals surface area contributed by atoms with Crippen LogP contribution in [0.25, 0.3) is 5.57 Å². The van der Waals surface area contributed by atoms with Gasteiger partial charge in [-0.3, -0.25) is 4.79 Å². The highest BCUT2D eigenvalue weighted by Gasteiger charge is 2.21. The van der Waals surface area contributed by atoms with E-state index in [0.717, 1.165) is 29.2 Å². The fourth-order valence-electron chi connectivity index (χ4n) is 3.25. The van der Waals surface area contributed by atoms with Crippen molar-refractivity contribution in [2.75, 3.05) is 13.1 Å². The normalized spacial score (nSPS) is 14.1. The summed E-state index contributed by atoms with van der Waals surface area (Å²) in [6.07, 6.45) is 3.10. The lowest BCUT2D eigenvalue weighted by Gasteiger charge is -2.27. The molecule has 27 heavy (non-hydrogen) atoms. The van der Waals surface area contributed by atoms with Crippen molar-refractivity contribution >= 4 is 34.6 Å². The van der Waals surface area contributed by atoms with Crippen molar-refractivity contribution < 1.29 is 4.79 Å². The van der Waals surface area contributed by atoms with Crippen molar-refractivity contribution in [3.05, 3.63) is 94.2 Å². The van der Waals surface area contributed by atoms with Gasteiger partial charge in [-0.25, -0.2) is 0 Å². The van der Waals surface area contributed by atoms with Crippen LogP contribution in [0, 0.1) is 0 Å². The first-order valence-electron chi connectivity index (χ1n) is 9.09. The maximum Gasteiger partial charge on any atom is 0.255 e. The van der Waals surface area contributed by atoms with E-state index in [9.17, 15) is 4.79 Å². The van der Waals surface area contributed by atoms with E-state index in [0.29, 0.717) is 6.54 Å². The molecule has 0 aliphatic carbocycles. The zero-order valence-corrected chi connectivity index (χ0v) is 16.6. The summed E-state index contributed by atoms with van der Waals surface area (Å²) in [5.41, 5.74) is 3.41. The predicted molar refractivity (Wildman–Crippen MR) is 115 cm³/mol. The van der Waals surface area contributed by atoms with Gasteiger partial charge in [0, 0.05) is 28.6 Å². The summed E-state index contributed by atoms with van der Waals surface area (Å²) >= 11 is 3.50. The highest BCUT2D eigenvalue weighted by atomic mass is 32.2. The number of hydrogen-bond acceptors (Lipinski definition) is 3. The van der Waals surface area contributed by atoms with Crippen molar-refractivity contribution in [3.8, 4) is 0 Å². The Kier molecular flexibility index (Phi) is 5.75. The standard InChI is InChI=1S/C23H21NOS2/c25-23(24-14-12-19(13-15-24)18-7-2-1-3-8-18)21-10-4-5-11-22(21)27-17-20-9-6-16-26-20/h1-12,16H,13-15,17H2. The summed E-state index contributed by atoms with van der Waals surface area (Å²) in [5.74, 6) is 1.03. The third kappa shape index (κ3) is 4.34. The predicted octanol–water partition coefficient (Wildman–Crippen LogP) is 5.97. The van der Waals surface area contributed by atoms with Crippen LogP contribution in [-0.4, -0.2) is 23.9 Å². The number of thiophene rings is 1. The first-order chi connectivity index (χ1) is 13.3. The zero-order valence-electron chi connectivity index (χ0n) is 15.0. The van der Waals surface area contributed by atoms with Crippen LogP contribution < -0.4 is 0 Å². The molecule has 0 fully saturated rings. The van der Waals surface area contributed by atoms with Gasteiger partial charge in [0.1, 0.15) is 0 Å². The van der Waals surface area contributed by atoms with Crippen molar-refractivity contribution in [2.24, 2.45) is 0 Å². The van der Waals surface area contributed by atoms with E-state index in [-0.39, 0.29) is 5.91 Å².